The van der Waals surface area contributed by atoms with E-state index in [-0.39, 0.29) is 5.57 Å². The molecule has 0 saturated heterocycles. The summed E-state index contributed by atoms with van der Waals surface area (Å²) in [5.74, 6) is -0.482. The molecule has 2 aromatic rings. The van der Waals surface area contributed by atoms with Gasteiger partial charge in [0.1, 0.15) is 11.6 Å². The first-order valence-corrected chi connectivity index (χ1v) is 7.21. The molecule has 0 bridgehead atoms. The standard InChI is InChI=1S/C16H10BrClN2O/c17-13-6-2-4-8-15(13)20-16(21)12(10-19)9-11-5-1-3-7-14(11)18/h1-9H,(H,20,21)/b12-9-. The summed E-state index contributed by atoms with van der Waals surface area (Å²) in [5.41, 5.74) is 1.21. The third-order valence-electron chi connectivity index (χ3n) is 2.69. The van der Waals surface area contributed by atoms with E-state index in [1.54, 1.807) is 42.5 Å². The van der Waals surface area contributed by atoms with E-state index < -0.39 is 5.91 Å². The smallest absolute Gasteiger partial charge is 0.266 e. The van der Waals surface area contributed by atoms with E-state index in [0.717, 1.165) is 4.47 Å². The summed E-state index contributed by atoms with van der Waals surface area (Å²) in [7, 11) is 0. The van der Waals surface area contributed by atoms with E-state index in [4.69, 9.17) is 16.9 Å². The number of anilines is 1. The fraction of sp³-hybridized carbons (Fsp3) is 0. The molecule has 0 aliphatic rings. The zero-order valence-corrected chi connectivity index (χ0v) is 13.1. The third-order valence-corrected chi connectivity index (χ3v) is 3.73. The number of nitrogens with zero attached hydrogens (tertiary/aromatic N) is 1. The van der Waals surface area contributed by atoms with E-state index in [1.165, 1.54) is 6.08 Å². The lowest BCUT2D eigenvalue weighted by Gasteiger charge is -2.06. The molecule has 0 atom stereocenters. The minimum Gasteiger partial charge on any atom is -0.320 e. The van der Waals surface area contributed by atoms with Gasteiger partial charge in [0.05, 0.1) is 5.69 Å². The topological polar surface area (TPSA) is 52.9 Å². The molecule has 1 amide bonds. The van der Waals surface area contributed by atoms with Gasteiger partial charge in [0, 0.05) is 9.50 Å². The lowest BCUT2D eigenvalue weighted by Crippen LogP contribution is -2.13. The highest BCUT2D eigenvalue weighted by Crippen LogP contribution is 2.23. The van der Waals surface area contributed by atoms with Crippen LogP contribution in [0.2, 0.25) is 5.02 Å². The van der Waals surface area contributed by atoms with Gasteiger partial charge in [-0.05, 0) is 45.8 Å². The number of para-hydroxylation sites is 1. The Kier molecular flexibility index (Phi) is 5.15. The molecule has 104 valence electrons. The number of carbonyl (C=O) groups is 1. The van der Waals surface area contributed by atoms with Crippen LogP contribution < -0.4 is 5.32 Å². The molecule has 0 saturated carbocycles. The fourth-order valence-electron chi connectivity index (χ4n) is 1.65. The Morgan fingerprint density at radius 1 is 1.19 bits per heavy atom. The van der Waals surface area contributed by atoms with Crippen LogP contribution in [0.3, 0.4) is 0 Å². The van der Waals surface area contributed by atoms with Crippen molar-refractivity contribution in [2.24, 2.45) is 0 Å². The second-order valence-corrected chi connectivity index (χ2v) is 5.39. The molecule has 0 aromatic heterocycles. The van der Waals surface area contributed by atoms with Crippen LogP contribution in [-0.2, 0) is 4.79 Å². The number of amides is 1. The van der Waals surface area contributed by atoms with Gasteiger partial charge in [-0.3, -0.25) is 4.79 Å². The molecule has 2 aromatic carbocycles. The predicted octanol–water partition coefficient (Wildman–Crippen LogP) is 4.65. The molecule has 0 spiro atoms. The van der Waals surface area contributed by atoms with E-state index in [1.807, 2.05) is 12.1 Å². The molecule has 0 unspecified atom stereocenters. The first-order chi connectivity index (χ1) is 10.1. The number of carbonyl (C=O) groups excluding carboxylic acids is 1. The van der Waals surface area contributed by atoms with E-state index in [9.17, 15) is 4.79 Å². The summed E-state index contributed by atoms with van der Waals surface area (Å²) in [5, 5.41) is 12.3. The van der Waals surface area contributed by atoms with Crippen molar-refractivity contribution in [2.45, 2.75) is 0 Å². The van der Waals surface area contributed by atoms with Gasteiger partial charge in [0.15, 0.2) is 0 Å². The maximum absolute atomic E-state index is 12.1. The Balaban J connectivity index is 2.26. The number of nitrogens with one attached hydrogen (secondary N) is 1. The van der Waals surface area contributed by atoms with Gasteiger partial charge in [0.2, 0.25) is 0 Å². The number of hydrogen-bond donors (Lipinski definition) is 1. The largest absolute Gasteiger partial charge is 0.320 e. The normalized spacial score (nSPS) is 10.8. The molecule has 0 fully saturated rings. The summed E-state index contributed by atoms with van der Waals surface area (Å²) in [6.07, 6.45) is 1.47. The zero-order valence-electron chi connectivity index (χ0n) is 10.8. The number of hydrogen-bond acceptors (Lipinski definition) is 2. The van der Waals surface area contributed by atoms with E-state index in [0.29, 0.717) is 16.3 Å². The number of halogens is 2. The minimum absolute atomic E-state index is 0.0150. The zero-order chi connectivity index (χ0) is 15.2. The van der Waals surface area contributed by atoms with Crippen LogP contribution in [0.25, 0.3) is 6.08 Å². The van der Waals surface area contributed by atoms with Crippen LogP contribution in [0.15, 0.2) is 58.6 Å². The molecule has 0 radical (unpaired) electrons. The van der Waals surface area contributed by atoms with Crippen LogP contribution >= 0.6 is 27.5 Å². The van der Waals surface area contributed by atoms with E-state index in [2.05, 4.69) is 21.2 Å². The maximum atomic E-state index is 12.1. The average Bonchev–Trinajstić information content (AvgIpc) is 2.48. The van der Waals surface area contributed by atoms with Gasteiger partial charge in [-0.1, -0.05) is 41.9 Å². The molecule has 3 nitrogen and oxygen atoms in total. The number of benzene rings is 2. The van der Waals surface area contributed by atoms with Crippen molar-refractivity contribution >= 4 is 45.2 Å². The fourth-order valence-corrected chi connectivity index (χ4v) is 2.22. The van der Waals surface area contributed by atoms with Gasteiger partial charge >= 0.3 is 0 Å². The van der Waals surface area contributed by atoms with Crippen LogP contribution in [0.4, 0.5) is 5.69 Å². The van der Waals surface area contributed by atoms with Crippen LogP contribution in [0.5, 0.6) is 0 Å². The predicted molar refractivity (Wildman–Crippen MR) is 87.8 cm³/mol. The Bertz CT molecular complexity index is 750. The molecule has 0 aliphatic carbocycles. The summed E-state index contributed by atoms with van der Waals surface area (Å²) in [4.78, 5) is 12.1. The molecule has 2 rings (SSSR count). The van der Waals surface area contributed by atoms with Gasteiger partial charge < -0.3 is 5.32 Å². The molecule has 0 aliphatic heterocycles. The number of rotatable bonds is 3. The van der Waals surface area contributed by atoms with Gasteiger partial charge in [-0.25, -0.2) is 0 Å². The first-order valence-electron chi connectivity index (χ1n) is 6.04. The third kappa shape index (κ3) is 3.94. The second-order valence-electron chi connectivity index (χ2n) is 4.13. The van der Waals surface area contributed by atoms with Gasteiger partial charge in [-0.2, -0.15) is 5.26 Å². The van der Waals surface area contributed by atoms with E-state index >= 15 is 0 Å². The molecular formula is C16H10BrClN2O. The van der Waals surface area contributed by atoms with Crippen molar-refractivity contribution in [3.8, 4) is 6.07 Å². The Morgan fingerprint density at radius 3 is 2.52 bits per heavy atom. The SMILES string of the molecule is N#C/C(=C/c1ccccc1Cl)C(=O)Nc1ccccc1Br. The van der Waals surface area contributed by atoms with Crippen LogP contribution in [0, 0.1) is 11.3 Å². The summed E-state index contributed by atoms with van der Waals surface area (Å²) in [6, 6.07) is 16.1. The summed E-state index contributed by atoms with van der Waals surface area (Å²) >= 11 is 9.36. The van der Waals surface area contributed by atoms with Crippen LogP contribution in [0.1, 0.15) is 5.56 Å². The van der Waals surface area contributed by atoms with Crippen molar-refractivity contribution in [3.63, 3.8) is 0 Å². The molecule has 21 heavy (non-hydrogen) atoms. The quantitative estimate of drug-likeness (QED) is 0.639. The Labute approximate surface area is 136 Å². The second kappa shape index (κ2) is 7.07. The Hall–Kier alpha value is -2.09. The minimum atomic E-state index is -0.482. The first kappa shape index (κ1) is 15.3. The number of nitriles is 1. The molecule has 0 heterocycles. The lowest BCUT2D eigenvalue weighted by molar-refractivity contribution is -0.112. The highest BCUT2D eigenvalue weighted by atomic mass is 79.9. The average molecular weight is 362 g/mol. The highest BCUT2D eigenvalue weighted by molar-refractivity contribution is 9.10. The monoisotopic (exact) mass is 360 g/mol. The van der Waals surface area contributed by atoms with Gasteiger partial charge in [0.25, 0.3) is 5.91 Å². The van der Waals surface area contributed by atoms with Crippen molar-refractivity contribution in [1.29, 1.82) is 5.26 Å². The Morgan fingerprint density at radius 2 is 1.86 bits per heavy atom. The molecular weight excluding hydrogens is 352 g/mol. The van der Waals surface area contributed by atoms with Crippen molar-refractivity contribution in [3.05, 3.63) is 69.2 Å². The maximum Gasteiger partial charge on any atom is 0.266 e. The van der Waals surface area contributed by atoms with Crippen LogP contribution in [-0.4, -0.2) is 5.91 Å². The van der Waals surface area contributed by atoms with Crippen molar-refractivity contribution in [1.82, 2.24) is 0 Å². The molecule has 5 heteroatoms. The van der Waals surface area contributed by atoms with Crippen molar-refractivity contribution < 1.29 is 4.79 Å². The summed E-state index contributed by atoms with van der Waals surface area (Å²) < 4.78 is 0.744. The summed E-state index contributed by atoms with van der Waals surface area (Å²) in [6.45, 7) is 0. The molecule has 1 N–H and O–H groups in total. The van der Waals surface area contributed by atoms with Crippen molar-refractivity contribution in [2.75, 3.05) is 5.32 Å². The lowest BCUT2D eigenvalue weighted by atomic mass is 10.1. The highest BCUT2D eigenvalue weighted by Gasteiger charge is 2.11. The van der Waals surface area contributed by atoms with Gasteiger partial charge in [-0.15, -0.1) is 0 Å².